The van der Waals surface area contributed by atoms with Crippen molar-refractivity contribution in [2.24, 2.45) is 0 Å². The van der Waals surface area contributed by atoms with Crippen molar-refractivity contribution in [1.29, 1.82) is 0 Å². The minimum Gasteiger partial charge on any atom is -0.512 e. The molecule has 0 amide bonds. The van der Waals surface area contributed by atoms with Crippen molar-refractivity contribution in [3.63, 3.8) is 0 Å². The van der Waals surface area contributed by atoms with Crippen LogP contribution in [0, 0.1) is 0 Å². The van der Waals surface area contributed by atoms with Crippen molar-refractivity contribution in [2.75, 3.05) is 0 Å². The standard InChI is InChI=1S/C18H30O3/c1-2-3-4-5-6-7-8-9-11-14-17(19)15-12-10-13-16-18(20)21/h6-7,9,11,15,19H,2-5,8,10,12-14,16H2,1H3,(H,20,21)/b7-6-,11-9-,17-15+. The fraction of sp³-hybridized carbons (Fsp3) is 0.611. The zero-order valence-electron chi connectivity index (χ0n) is 13.3. The molecule has 0 spiro atoms. The first-order valence-corrected chi connectivity index (χ1v) is 8.06. The molecule has 21 heavy (non-hydrogen) atoms. The van der Waals surface area contributed by atoms with Crippen LogP contribution in [0.3, 0.4) is 0 Å². The summed E-state index contributed by atoms with van der Waals surface area (Å²) in [5, 5.41) is 18.1. The number of carbonyl (C=O) groups is 1. The molecule has 0 heterocycles. The molecule has 0 aromatic heterocycles. The van der Waals surface area contributed by atoms with E-state index in [9.17, 15) is 9.90 Å². The van der Waals surface area contributed by atoms with Gasteiger partial charge >= 0.3 is 5.97 Å². The van der Waals surface area contributed by atoms with E-state index in [1.807, 2.05) is 6.08 Å². The largest absolute Gasteiger partial charge is 0.512 e. The van der Waals surface area contributed by atoms with Crippen LogP contribution < -0.4 is 0 Å². The Morgan fingerprint density at radius 1 is 0.905 bits per heavy atom. The maximum absolute atomic E-state index is 10.3. The highest BCUT2D eigenvalue weighted by Gasteiger charge is 1.95. The van der Waals surface area contributed by atoms with E-state index in [0.717, 1.165) is 25.7 Å². The molecular formula is C18H30O3. The summed E-state index contributed by atoms with van der Waals surface area (Å²) in [5.74, 6) is -0.387. The van der Waals surface area contributed by atoms with Gasteiger partial charge in [0.05, 0.1) is 5.76 Å². The third kappa shape index (κ3) is 16.4. The number of carboxylic acid groups (broad SMARTS) is 1. The Kier molecular flexibility index (Phi) is 13.8. The van der Waals surface area contributed by atoms with Gasteiger partial charge in [-0.25, -0.2) is 0 Å². The van der Waals surface area contributed by atoms with E-state index >= 15 is 0 Å². The van der Waals surface area contributed by atoms with E-state index in [0.29, 0.717) is 18.6 Å². The predicted octanol–water partition coefficient (Wildman–Crippen LogP) is 5.55. The minimum atomic E-state index is -0.756. The number of rotatable bonds is 13. The molecule has 0 aromatic rings. The number of aliphatic hydroxyl groups excluding tert-OH is 1. The highest BCUT2D eigenvalue weighted by Crippen LogP contribution is 2.06. The third-order valence-electron chi connectivity index (χ3n) is 3.13. The molecule has 0 saturated heterocycles. The Bertz CT molecular complexity index is 340. The quantitative estimate of drug-likeness (QED) is 0.266. The first-order valence-electron chi connectivity index (χ1n) is 8.06. The molecule has 3 heteroatoms. The highest BCUT2D eigenvalue weighted by atomic mass is 16.4. The van der Waals surface area contributed by atoms with Gasteiger partial charge in [-0.1, -0.05) is 44.1 Å². The molecule has 0 radical (unpaired) electrons. The Balaban J connectivity index is 3.55. The summed E-state index contributed by atoms with van der Waals surface area (Å²) in [7, 11) is 0. The van der Waals surface area contributed by atoms with Crippen molar-refractivity contribution in [3.05, 3.63) is 36.1 Å². The van der Waals surface area contributed by atoms with E-state index in [4.69, 9.17) is 5.11 Å². The van der Waals surface area contributed by atoms with Gasteiger partial charge in [-0.15, -0.1) is 0 Å². The smallest absolute Gasteiger partial charge is 0.303 e. The van der Waals surface area contributed by atoms with Gasteiger partial charge in [0, 0.05) is 12.8 Å². The van der Waals surface area contributed by atoms with Crippen molar-refractivity contribution >= 4 is 5.97 Å². The van der Waals surface area contributed by atoms with Crippen LogP contribution in [-0.4, -0.2) is 16.2 Å². The van der Waals surface area contributed by atoms with Crippen LogP contribution in [0.25, 0.3) is 0 Å². The molecule has 0 rings (SSSR count). The van der Waals surface area contributed by atoms with Crippen LogP contribution in [0.1, 0.15) is 71.1 Å². The predicted molar refractivity (Wildman–Crippen MR) is 88.5 cm³/mol. The number of allylic oxidation sites excluding steroid dienone is 5. The number of aliphatic hydroxyl groups is 1. The van der Waals surface area contributed by atoms with Gasteiger partial charge in [0.2, 0.25) is 0 Å². The first-order chi connectivity index (χ1) is 10.2. The zero-order valence-corrected chi connectivity index (χ0v) is 13.3. The molecule has 120 valence electrons. The summed E-state index contributed by atoms with van der Waals surface area (Å²) in [6.07, 6.45) is 19.1. The van der Waals surface area contributed by atoms with Crippen molar-refractivity contribution in [1.82, 2.24) is 0 Å². The van der Waals surface area contributed by atoms with E-state index in [1.165, 1.54) is 19.3 Å². The Morgan fingerprint density at radius 3 is 2.33 bits per heavy atom. The normalized spacial score (nSPS) is 12.5. The van der Waals surface area contributed by atoms with E-state index in [-0.39, 0.29) is 6.42 Å². The van der Waals surface area contributed by atoms with Crippen molar-refractivity contribution < 1.29 is 15.0 Å². The molecule has 0 aromatic carbocycles. The number of carboxylic acids is 1. The summed E-state index contributed by atoms with van der Waals surface area (Å²) in [6.45, 7) is 2.21. The van der Waals surface area contributed by atoms with Crippen molar-refractivity contribution in [2.45, 2.75) is 71.1 Å². The van der Waals surface area contributed by atoms with Crippen LogP contribution in [0.4, 0.5) is 0 Å². The topological polar surface area (TPSA) is 57.5 Å². The zero-order chi connectivity index (χ0) is 15.8. The summed E-state index contributed by atoms with van der Waals surface area (Å²) in [5.41, 5.74) is 0. The minimum absolute atomic E-state index is 0.207. The van der Waals surface area contributed by atoms with E-state index < -0.39 is 5.97 Å². The van der Waals surface area contributed by atoms with Crippen LogP contribution in [-0.2, 0) is 4.79 Å². The molecule has 2 N–H and O–H groups in total. The second-order valence-electron chi connectivity index (χ2n) is 5.21. The van der Waals surface area contributed by atoms with Gasteiger partial charge in [-0.3, -0.25) is 4.79 Å². The lowest BCUT2D eigenvalue weighted by Gasteiger charge is -1.96. The van der Waals surface area contributed by atoms with Gasteiger partial charge in [-0.2, -0.15) is 0 Å². The molecule has 3 nitrogen and oxygen atoms in total. The average Bonchev–Trinajstić information content (AvgIpc) is 2.45. The molecule has 0 atom stereocenters. The van der Waals surface area contributed by atoms with Crippen LogP contribution >= 0.6 is 0 Å². The van der Waals surface area contributed by atoms with Crippen LogP contribution in [0.2, 0.25) is 0 Å². The SMILES string of the molecule is CCCCC/C=C\C/C=C\C/C(O)=C\CCCCC(=O)O. The fourth-order valence-corrected chi connectivity index (χ4v) is 1.88. The lowest BCUT2D eigenvalue weighted by Crippen LogP contribution is -1.93. The summed E-state index contributed by atoms with van der Waals surface area (Å²) >= 11 is 0. The second kappa shape index (κ2) is 14.9. The summed E-state index contributed by atoms with van der Waals surface area (Å²) < 4.78 is 0. The van der Waals surface area contributed by atoms with Crippen LogP contribution in [0.15, 0.2) is 36.1 Å². The maximum atomic E-state index is 10.3. The molecule has 0 unspecified atom stereocenters. The molecule has 0 fully saturated rings. The maximum Gasteiger partial charge on any atom is 0.303 e. The van der Waals surface area contributed by atoms with E-state index in [2.05, 4.69) is 25.2 Å². The monoisotopic (exact) mass is 294 g/mol. The molecular weight excluding hydrogens is 264 g/mol. The van der Waals surface area contributed by atoms with Gasteiger partial charge in [0.1, 0.15) is 0 Å². The summed E-state index contributed by atoms with van der Waals surface area (Å²) in [4.78, 5) is 10.3. The molecule has 0 bridgehead atoms. The van der Waals surface area contributed by atoms with Gasteiger partial charge in [0.25, 0.3) is 0 Å². The second-order valence-corrected chi connectivity index (χ2v) is 5.21. The van der Waals surface area contributed by atoms with Gasteiger partial charge in [0.15, 0.2) is 0 Å². The lowest BCUT2D eigenvalue weighted by atomic mass is 10.1. The number of hydrogen-bond donors (Lipinski definition) is 2. The first kappa shape index (κ1) is 19.5. The Morgan fingerprint density at radius 2 is 1.62 bits per heavy atom. The van der Waals surface area contributed by atoms with Gasteiger partial charge in [-0.05, 0) is 44.6 Å². The van der Waals surface area contributed by atoms with Crippen molar-refractivity contribution in [3.8, 4) is 0 Å². The fourth-order valence-electron chi connectivity index (χ4n) is 1.88. The van der Waals surface area contributed by atoms with Gasteiger partial charge < -0.3 is 10.2 Å². The third-order valence-corrected chi connectivity index (χ3v) is 3.13. The number of aliphatic carboxylic acids is 1. The molecule has 0 aliphatic carbocycles. The highest BCUT2D eigenvalue weighted by molar-refractivity contribution is 5.66. The van der Waals surface area contributed by atoms with E-state index in [1.54, 1.807) is 6.08 Å². The Labute approximate surface area is 129 Å². The molecule has 0 aliphatic rings. The summed E-state index contributed by atoms with van der Waals surface area (Å²) in [6, 6.07) is 0. The van der Waals surface area contributed by atoms with Crippen LogP contribution in [0.5, 0.6) is 0 Å². The molecule has 0 aliphatic heterocycles. The average molecular weight is 294 g/mol. The number of hydrogen-bond acceptors (Lipinski definition) is 2. The lowest BCUT2D eigenvalue weighted by molar-refractivity contribution is -0.137. The molecule has 0 saturated carbocycles. The Hall–Kier alpha value is -1.51. The number of unbranched alkanes of at least 4 members (excludes halogenated alkanes) is 5.